The lowest BCUT2D eigenvalue weighted by Crippen LogP contribution is -2.24. The largest absolute Gasteiger partial charge is 0.343 e. The van der Waals surface area contributed by atoms with Crippen LogP contribution in [0.3, 0.4) is 0 Å². The normalized spacial score (nSPS) is 12.6. The summed E-state index contributed by atoms with van der Waals surface area (Å²) in [6.07, 6.45) is 1.45. The van der Waals surface area contributed by atoms with Gasteiger partial charge in [-0.25, -0.2) is 9.89 Å². The number of nitrogens with two attached hydrogens (primary N) is 1. The van der Waals surface area contributed by atoms with Gasteiger partial charge in [0.2, 0.25) is 0 Å². The standard InChI is InChI=1S/C10H12N4O/c11-9(8-4-2-1-3-5-8)6-14-7-12-13-10(14)15/h1-5,7,9H,6,11H2,(H,13,15). The lowest BCUT2D eigenvalue weighted by Gasteiger charge is -2.11. The van der Waals surface area contributed by atoms with E-state index in [1.165, 1.54) is 10.9 Å². The Morgan fingerprint density at radius 1 is 1.40 bits per heavy atom. The van der Waals surface area contributed by atoms with Crippen LogP contribution in [0, 0.1) is 0 Å². The highest BCUT2D eigenvalue weighted by atomic mass is 16.1. The minimum absolute atomic E-state index is 0.193. The van der Waals surface area contributed by atoms with Crippen molar-refractivity contribution in [2.45, 2.75) is 12.6 Å². The predicted octanol–water partition coefficient (Wildman–Crippen LogP) is 0.271. The van der Waals surface area contributed by atoms with Crippen molar-refractivity contribution in [3.8, 4) is 0 Å². The van der Waals surface area contributed by atoms with Gasteiger partial charge in [-0.1, -0.05) is 30.3 Å². The molecule has 1 aromatic heterocycles. The van der Waals surface area contributed by atoms with E-state index < -0.39 is 0 Å². The summed E-state index contributed by atoms with van der Waals surface area (Å²) in [5.41, 5.74) is 6.72. The highest BCUT2D eigenvalue weighted by molar-refractivity contribution is 5.18. The molecule has 0 aliphatic heterocycles. The molecule has 15 heavy (non-hydrogen) atoms. The molecule has 5 heteroatoms. The fourth-order valence-corrected chi connectivity index (χ4v) is 1.42. The molecule has 2 rings (SSSR count). The van der Waals surface area contributed by atoms with Crippen LogP contribution in [0.5, 0.6) is 0 Å². The number of aromatic amines is 1. The molecule has 0 amide bonds. The molecule has 0 fully saturated rings. The summed E-state index contributed by atoms with van der Waals surface area (Å²) < 4.78 is 1.46. The van der Waals surface area contributed by atoms with Crippen molar-refractivity contribution in [1.82, 2.24) is 14.8 Å². The summed E-state index contributed by atoms with van der Waals surface area (Å²) in [6.45, 7) is 0.430. The molecule has 0 spiro atoms. The van der Waals surface area contributed by atoms with E-state index in [1.54, 1.807) is 0 Å². The molecule has 1 unspecified atom stereocenters. The number of hydrogen-bond acceptors (Lipinski definition) is 3. The highest BCUT2D eigenvalue weighted by Gasteiger charge is 2.07. The molecular weight excluding hydrogens is 192 g/mol. The van der Waals surface area contributed by atoms with Crippen LogP contribution in [-0.4, -0.2) is 14.8 Å². The molecule has 0 aliphatic rings. The molecule has 3 N–H and O–H groups in total. The Morgan fingerprint density at radius 3 is 2.73 bits per heavy atom. The summed E-state index contributed by atoms with van der Waals surface area (Å²) in [5.74, 6) is 0. The Kier molecular flexibility index (Phi) is 2.64. The topological polar surface area (TPSA) is 76.7 Å². The van der Waals surface area contributed by atoms with Crippen LogP contribution in [-0.2, 0) is 6.54 Å². The van der Waals surface area contributed by atoms with Gasteiger partial charge >= 0.3 is 5.69 Å². The lowest BCUT2D eigenvalue weighted by molar-refractivity contribution is 0.562. The second-order valence-electron chi connectivity index (χ2n) is 3.33. The third-order valence-electron chi connectivity index (χ3n) is 2.24. The molecule has 0 saturated heterocycles. The summed E-state index contributed by atoms with van der Waals surface area (Å²) in [7, 11) is 0. The van der Waals surface area contributed by atoms with E-state index in [0.29, 0.717) is 6.54 Å². The van der Waals surface area contributed by atoms with Crippen molar-refractivity contribution < 1.29 is 0 Å². The number of rotatable bonds is 3. The fraction of sp³-hybridized carbons (Fsp3) is 0.200. The maximum Gasteiger partial charge on any atom is 0.343 e. The third-order valence-corrected chi connectivity index (χ3v) is 2.24. The van der Waals surface area contributed by atoms with Crippen LogP contribution in [0.2, 0.25) is 0 Å². The quantitative estimate of drug-likeness (QED) is 0.753. The van der Waals surface area contributed by atoms with E-state index in [-0.39, 0.29) is 11.7 Å². The van der Waals surface area contributed by atoms with Crippen molar-refractivity contribution in [2.75, 3.05) is 0 Å². The second-order valence-corrected chi connectivity index (χ2v) is 3.33. The van der Waals surface area contributed by atoms with E-state index >= 15 is 0 Å². The molecule has 0 bridgehead atoms. The van der Waals surface area contributed by atoms with Gasteiger partial charge in [0, 0.05) is 12.6 Å². The second kappa shape index (κ2) is 4.10. The number of aromatic nitrogens is 3. The molecule has 1 heterocycles. The van der Waals surface area contributed by atoms with Gasteiger partial charge in [-0.05, 0) is 5.56 Å². The number of nitrogens with one attached hydrogen (secondary N) is 1. The van der Waals surface area contributed by atoms with Gasteiger partial charge in [0.05, 0.1) is 0 Å². The lowest BCUT2D eigenvalue weighted by atomic mass is 10.1. The molecule has 1 atom stereocenters. The van der Waals surface area contributed by atoms with Gasteiger partial charge in [-0.15, -0.1) is 0 Å². The Hall–Kier alpha value is -1.88. The molecule has 0 aliphatic carbocycles. The summed E-state index contributed by atoms with van der Waals surface area (Å²) >= 11 is 0. The van der Waals surface area contributed by atoms with Crippen LogP contribution in [0.1, 0.15) is 11.6 Å². The SMILES string of the molecule is NC(Cn1cn[nH]c1=O)c1ccccc1. The number of nitrogens with zero attached hydrogens (tertiary/aromatic N) is 2. The first-order valence-electron chi connectivity index (χ1n) is 4.67. The Balaban J connectivity index is 2.14. The first kappa shape index (κ1) is 9.67. The molecule has 78 valence electrons. The molecular formula is C10H12N4O. The Labute approximate surface area is 86.5 Å². The Morgan fingerprint density at radius 2 is 2.13 bits per heavy atom. The zero-order valence-electron chi connectivity index (χ0n) is 8.13. The molecule has 5 nitrogen and oxygen atoms in total. The van der Waals surface area contributed by atoms with Crippen molar-refractivity contribution >= 4 is 0 Å². The average molecular weight is 204 g/mol. The van der Waals surface area contributed by atoms with Gasteiger partial charge in [0.25, 0.3) is 0 Å². The van der Waals surface area contributed by atoms with Gasteiger partial charge in [-0.3, -0.25) is 4.57 Å². The van der Waals surface area contributed by atoms with Crippen LogP contribution >= 0.6 is 0 Å². The monoisotopic (exact) mass is 204 g/mol. The maximum absolute atomic E-state index is 11.2. The van der Waals surface area contributed by atoms with Crippen molar-refractivity contribution in [1.29, 1.82) is 0 Å². The zero-order valence-corrected chi connectivity index (χ0v) is 8.13. The maximum atomic E-state index is 11.2. The van der Waals surface area contributed by atoms with E-state index in [2.05, 4.69) is 10.2 Å². The first-order valence-corrected chi connectivity index (χ1v) is 4.67. The van der Waals surface area contributed by atoms with E-state index in [0.717, 1.165) is 5.56 Å². The molecule has 0 radical (unpaired) electrons. The van der Waals surface area contributed by atoms with E-state index in [4.69, 9.17) is 5.73 Å². The predicted molar refractivity (Wildman–Crippen MR) is 56.2 cm³/mol. The van der Waals surface area contributed by atoms with Crippen LogP contribution < -0.4 is 11.4 Å². The zero-order chi connectivity index (χ0) is 10.7. The molecule has 2 aromatic rings. The highest BCUT2D eigenvalue weighted by Crippen LogP contribution is 2.10. The Bertz CT molecular complexity index is 473. The van der Waals surface area contributed by atoms with Crippen LogP contribution in [0.15, 0.2) is 41.5 Å². The number of H-pyrrole nitrogens is 1. The number of benzene rings is 1. The van der Waals surface area contributed by atoms with Crippen molar-refractivity contribution in [3.05, 3.63) is 52.7 Å². The minimum atomic E-state index is -0.235. The van der Waals surface area contributed by atoms with Gasteiger partial charge in [0.1, 0.15) is 6.33 Å². The summed E-state index contributed by atoms with van der Waals surface area (Å²) in [5, 5.41) is 5.97. The van der Waals surface area contributed by atoms with Crippen molar-refractivity contribution in [2.24, 2.45) is 5.73 Å². The molecule has 0 saturated carbocycles. The van der Waals surface area contributed by atoms with Crippen molar-refractivity contribution in [3.63, 3.8) is 0 Å². The van der Waals surface area contributed by atoms with Gasteiger partial charge < -0.3 is 5.73 Å². The smallest absolute Gasteiger partial charge is 0.322 e. The van der Waals surface area contributed by atoms with Crippen LogP contribution in [0.25, 0.3) is 0 Å². The third kappa shape index (κ3) is 2.13. The van der Waals surface area contributed by atoms with Gasteiger partial charge in [0.15, 0.2) is 0 Å². The number of hydrogen-bond donors (Lipinski definition) is 2. The minimum Gasteiger partial charge on any atom is -0.322 e. The molecule has 1 aromatic carbocycles. The van der Waals surface area contributed by atoms with E-state index in [1.807, 2.05) is 30.3 Å². The average Bonchev–Trinajstić information content (AvgIpc) is 2.66. The van der Waals surface area contributed by atoms with Crippen LogP contribution in [0.4, 0.5) is 0 Å². The fourth-order valence-electron chi connectivity index (χ4n) is 1.42. The van der Waals surface area contributed by atoms with E-state index in [9.17, 15) is 4.79 Å². The van der Waals surface area contributed by atoms with Gasteiger partial charge in [-0.2, -0.15) is 5.10 Å². The summed E-state index contributed by atoms with van der Waals surface area (Å²) in [4.78, 5) is 11.2. The summed E-state index contributed by atoms with van der Waals surface area (Å²) in [6, 6.07) is 9.47. The first-order chi connectivity index (χ1) is 7.27.